The Bertz CT molecular complexity index is 126. The first-order chi connectivity index (χ1) is 5.40. The van der Waals surface area contributed by atoms with Crippen molar-refractivity contribution in [3.05, 3.63) is 0 Å². The molecule has 0 aromatic heterocycles. The third-order valence-corrected chi connectivity index (χ3v) is 2.93. The Kier molecular flexibility index (Phi) is 2.14. The van der Waals surface area contributed by atoms with Crippen molar-refractivity contribution < 1.29 is 4.74 Å². The zero-order valence-corrected chi connectivity index (χ0v) is 7.18. The fraction of sp³-hybridized carbons (Fsp3) is 1.00. The third kappa shape index (κ3) is 1.74. The topological polar surface area (TPSA) is 21.3 Å². The largest absolute Gasteiger partial charge is 0.380 e. The molecule has 2 fully saturated rings. The predicted molar refractivity (Wildman–Crippen MR) is 44.5 cm³/mol. The molecule has 1 N–H and O–H groups in total. The number of piperidine rings is 1. The van der Waals surface area contributed by atoms with Crippen molar-refractivity contribution in [1.82, 2.24) is 5.32 Å². The van der Waals surface area contributed by atoms with E-state index >= 15 is 0 Å². The maximum absolute atomic E-state index is 5.28. The highest BCUT2D eigenvalue weighted by molar-refractivity contribution is 4.90. The summed E-state index contributed by atoms with van der Waals surface area (Å²) in [5.74, 6) is 1.01. The van der Waals surface area contributed by atoms with Gasteiger partial charge < -0.3 is 10.1 Å². The Morgan fingerprint density at radius 1 is 1.18 bits per heavy atom. The van der Waals surface area contributed by atoms with Crippen molar-refractivity contribution in [2.24, 2.45) is 5.92 Å². The number of hydrogen-bond acceptors (Lipinski definition) is 2. The smallest absolute Gasteiger partial charge is 0.0696 e. The summed E-state index contributed by atoms with van der Waals surface area (Å²) in [5.41, 5.74) is 0. The number of hydrogen-bond donors (Lipinski definition) is 1. The highest BCUT2D eigenvalue weighted by Gasteiger charge is 2.33. The highest BCUT2D eigenvalue weighted by Crippen LogP contribution is 2.35. The summed E-state index contributed by atoms with van der Waals surface area (Å²) in [7, 11) is 1.81. The molecule has 2 nitrogen and oxygen atoms in total. The summed E-state index contributed by atoms with van der Waals surface area (Å²) in [6.45, 7) is 1.07. The average Bonchev–Trinajstić information content (AvgIpc) is 2.87. The van der Waals surface area contributed by atoms with Crippen molar-refractivity contribution in [1.29, 1.82) is 0 Å². The summed E-state index contributed by atoms with van der Waals surface area (Å²) in [4.78, 5) is 0. The van der Waals surface area contributed by atoms with Crippen LogP contribution in [-0.4, -0.2) is 25.8 Å². The number of rotatable bonds is 2. The molecule has 0 aromatic rings. The van der Waals surface area contributed by atoms with E-state index in [1.807, 2.05) is 7.11 Å². The van der Waals surface area contributed by atoms with Gasteiger partial charge in [0.1, 0.15) is 0 Å². The molecule has 2 aliphatic rings. The lowest BCUT2D eigenvalue weighted by Crippen LogP contribution is -2.43. The van der Waals surface area contributed by atoms with E-state index < -0.39 is 0 Å². The first-order valence-corrected chi connectivity index (χ1v) is 4.66. The van der Waals surface area contributed by atoms with E-state index in [1.165, 1.54) is 25.7 Å². The van der Waals surface area contributed by atoms with E-state index in [1.54, 1.807) is 0 Å². The highest BCUT2D eigenvalue weighted by atomic mass is 16.5. The molecule has 2 rings (SSSR count). The van der Waals surface area contributed by atoms with Crippen molar-refractivity contribution in [2.45, 2.75) is 37.8 Å². The van der Waals surface area contributed by atoms with Crippen LogP contribution in [0.5, 0.6) is 0 Å². The summed E-state index contributed by atoms with van der Waals surface area (Å²) in [6, 6.07) is 0.821. The Labute approximate surface area is 68.3 Å². The second-order valence-electron chi connectivity index (χ2n) is 3.79. The zero-order valence-electron chi connectivity index (χ0n) is 7.18. The molecule has 0 radical (unpaired) electrons. The van der Waals surface area contributed by atoms with Gasteiger partial charge >= 0.3 is 0 Å². The van der Waals surface area contributed by atoms with Gasteiger partial charge in [-0.25, -0.2) is 0 Å². The first-order valence-electron chi connectivity index (χ1n) is 4.66. The SMILES string of the molecule is COC1CCC(C2CC2)NC1. The average molecular weight is 155 g/mol. The number of ether oxygens (including phenoxy) is 1. The van der Waals surface area contributed by atoms with Gasteiger partial charge in [0.05, 0.1) is 6.10 Å². The van der Waals surface area contributed by atoms with Crippen LogP contribution in [-0.2, 0) is 4.74 Å². The molecule has 1 saturated carbocycles. The molecule has 2 heteroatoms. The van der Waals surface area contributed by atoms with Crippen molar-refractivity contribution in [3.63, 3.8) is 0 Å². The van der Waals surface area contributed by atoms with Gasteiger partial charge in [-0.15, -0.1) is 0 Å². The molecule has 1 aliphatic heterocycles. The Hall–Kier alpha value is -0.0800. The van der Waals surface area contributed by atoms with Crippen molar-refractivity contribution >= 4 is 0 Å². The molecular weight excluding hydrogens is 138 g/mol. The van der Waals surface area contributed by atoms with Crippen LogP contribution >= 0.6 is 0 Å². The molecule has 2 atom stereocenters. The molecule has 64 valence electrons. The molecule has 0 aromatic carbocycles. The normalized spacial score (nSPS) is 39.0. The van der Waals surface area contributed by atoms with E-state index in [9.17, 15) is 0 Å². The fourth-order valence-electron chi connectivity index (χ4n) is 1.95. The van der Waals surface area contributed by atoms with Crippen LogP contribution in [0.3, 0.4) is 0 Å². The minimum Gasteiger partial charge on any atom is -0.380 e. The van der Waals surface area contributed by atoms with Gasteiger partial charge in [0.2, 0.25) is 0 Å². The molecular formula is C9H17NO. The second-order valence-corrected chi connectivity index (χ2v) is 3.79. The molecule has 0 spiro atoms. The minimum absolute atomic E-state index is 0.477. The zero-order chi connectivity index (χ0) is 7.68. The molecule has 11 heavy (non-hydrogen) atoms. The van der Waals surface area contributed by atoms with Crippen LogP contribution < -0.4 is 5.32 Å². The van der Waals surface area contributed by atoms with E-state index in [-0.39, 0.29) is 0 Å². The fourth-order valence-corrected chi connectivity index (χ4v) is 1.95. The molecule has 1 aliphatic carbocycles. The van der Waals surface area contributed by atoms with Crippen LogP contribution in [0.25, 0.3) is 0 Å². The molecule has 0 amide bonds. The van der Waals surface area contributed by atoms with Crippen LogP contribution in [0.15, 0.2) is 0 Å². The maximum atomic E-state index is 5.28. The molecule has 0 bridgehead atoms. The summed E-state index contributed by atoms with van der Waals surface area (Å²) >= 11 is 0. The minimum atomic E-state index is 0.477. The maximum Gasteiger partial charge on any atom is 0.0696 e. The second kappa shape index (κ2) is 3.11. The lowest BCUT2D eigenvalue weighted by molar-refractivity contribution is 0.0680. The first kappa shape index (κ1) is 7.56. The van der Waals surface area contributed by atoms with E-state index in [0.717, 1.165) is 18.5 Å². The number of methoxy groups -OCH3 is 1. The van der Waals surface area contributed by atoms with Gasteiger partial charge in [-0.2, -0.15) is 0 Å². The van der Waals surface area contributed by atoms with Gasteiger partial charge in [0.15, 0.2) is 0 Å². The van der Waals surface area contributed by atoms with Crippen LogP contribution in [0.4, 0.5) is 0 Å². The van der Waals surface area contributed by atoms with E-state index in [4.69, 9.17) is 4.74 Å². The third-order valence-electron chi connectivity index (χ3n) is 2.93. The quantitative estimate of drug-likeness (QED) is 0.646. The van der Waals surface area contributed by atoms with Crippen LogP contribution in [0.2, 0.25) is 0 Å². The van der Waals surface area contributed by atoms with Crippen molar-refractivity contribution in [2.75, 3.05) is 13.7 Å². The number of nitrogens with one attached hydrogen (secondary N) is 1. The van der Waals surface area contributed by atoms with Gasteiger partial charge in [0, 0.05) is 19.7 Å². The lowest BCUT2D eigenvalue weighted by atomic mass is 9.99. The van der Waals surface area contributed by atoms with Gasteiger partial charge in [0.25, 0.3) is 0 Å². The van der Waals surface area contributed by atoms with Gasteiger partial charge in [-0.3, -0.25) is 0 Å². The monoisotopic (exact) mass is 155 g/mol. The standard InChI is InChI=1S/C9H17NO/c1-11-8-4-5-9(10-6-8)7-2-3-7/h7-10H,2-6H2,1H3. The molecule has 2 unspecified atom stereocenters. The summed E-state index contributed by atoms with van der Waals surface area (Å²) in [5, 5.41) is 3.56. The van der Waals surface area contributed by atoms with Gasteiger partial charge in [-0.1, -0.05) is 0 Å². The predicted octanol–water partition coefficient (Wildman–Crippen LogP) is 1.16. The van der Waals surface area contributed by atoms with Crippen LogP contribution in [0.1, 0.15) is 25.7 Å². The van der Waals surface area contributed by atoms with Gasteiger partial charge in [-0.05, 0) is 31.6 Å². The summed E-state index contributed by atoms with van der Waals surface area (Å²) < 4.78 is 5.28. The molecule has 1 heterocycles. The Morgan fingerprint density at radius 3 is 2.45 bits per heavy atom. The van der Waals surface area contributed by atoms with E-state index in [2.05, 4.69) is 5.32 Å². The molecule has 1 saturated heterocycles. The van der Waals surface area contributed by atoms with Crippen molar-refractivity contribution in [3.8, 4) is 0 Å². The van der Waals surface area contributed by atoms with Crippen LogP contribution in [0, 0.1) is 5.92 Å². The van der Waals surface area contributed by atoms with E-state index in [0.29, 0.717) is 6.10 Å². The summed E-state index contributed by atoms with van der Waals surface area (Å²) in [6.07, 6.45) is 5.96. The Balaban J connectivity index is 1.75. The Morgan fingerprint density at radius 2 is 2.00 bits per heavy atom. The lowest BCUT2D eigenvalue weighted by Gasteiger charge is -2.28.